The molecule has 172 valence electrons. The number of benzene rings is 2. The van der Waals surface area contributed by atoms with Crippen LogP contribution in [0.4, 0.5) is 5.69 Å². The Kier molecular flexibility index (Phi) is 7.40. The molecule has 3 aromatic rings. The minimum atomic E-state index is -0.242. The van der Waals surface area contributed by atoms with Crippen molar-refractivity contribution in [3.05, 3.63) is 86.8 Å². The van der Waals surface area contributed by atoms with E-state index in [0.717, 1.165) is 11.3 Å². The Labute approximate surface area is 203 Å². The molecule has 33 heavy (non-hydrogen) atoms. The summed E-state index contributed by atoms with van der Waals surface area (Å²) in [5, 5.41) is 1.43. The van der Waals surface area contributed by atoms with Gasteiger partial charge >= 0.3 is 0 Å². The van der Waals surface area contributed by atoms with Gasteiger partial charge < -0.3 is 14.8 Å². The van der Waals surface area contributed by atoms with Crippen LogP contribution in [0.25, 0.3) is 0 Å². The molecule has 0 saturated carbocycles. The van der Waals surface area contributed by atoms with E-state index in [1.807, 2.05) is 47.4 Å². The van der Waals surface area contributed by atoms with Gasteiger partial charge in [-0.25, -0.2) is 4.98 Å². The average molecular weight is 483 g/mol. The van der Waals surface area contributed by atoms with Gasteiger partial charge in [0.25, 0.3) is 5.56 Å². The summed E-state index contributed by atoms with van der Waals surface area (Å²) in [6, 6.07) is 17.8. The quantitative estimate of drug-likeness (QED) is 0.414. The third-order valence-electron chi connectivity index (χ3n) is 5.91. The summed E-state index contributed by atoms with van der Waals surface area (Å²) in [6.07, 6.45) is 0.0550. The highest BCUT2D eigenvalue weighted by Crippen LogP contribution is 2.32. The van der Waals surface area contributed by atoms with E-state index in [-0.39, 0.29) is 23.1 Å². The van der Waals surface area contributed by atoms with Crippen LogP contribution in [0.3, 0.4) is 0 Å². The van der Waals surface area contributed by atoms with E-state index in [2.05, 4.69) is 33.9 Å². The Balaban J connectivity index is 1.38. The molecule has 2 heterocycles. The second kappa shape index (κ2) is 10.4. The molecule has 4 rings (SSSR count). The SMILES string of the molecule is Cc1nc(SC(C)c2ccccc2)[nH]c(=O)c1CC(=O)N1CCN(c2ccccc2Cl)CC1. The zero-order valence-electron chi connectivity index (χ0n) is 18.8. The summed E-state index contributed by atoms with van der Waals surface area (Å²) < 4.78 is 0. The van der Waals surface area contributed by atoms with Crippen molar-refractivity contribution in [2.45, 2.75) is 30.7 Å². The standard InChI is InChI=1S/C25H27ClN4O2S/c1-17-20(24(32)28-25(27-17)33-18(2)19-8-4-3-5-9-19)16-23(31)30-14-12-29(13-15-30)22-11-7-6-10-21(22)26/h3-11,18H,12-16H2,1-2H3,(H,27,28,32). The Morgan fingerprint density at radius 2 is 1.76 bits per heavy atom. The number of halogens is 1. The van der Waals surface area contributed by atoms with Crippen LogP contribution >= 0.6 is 23.4 Å². The molecule has 1 aliphatic rings. The van der Waals surface area contributed by atoms with E-state index in [1.165, 1.54) is 11.8 Å². The lowest BCUT2D eigenvalue weighted by molar-refractivity contribution is -0.130. The van der Waals surface area contributed by atoms with Gasteiger partial charge in [-0.3, -0.25) is 9.59 Å². The van der Waals surface area contributed by atoms with Crippen molar-refractivity contribution in [1.82, 2.24) is 14.9 Å². The van der Waals surface area contributed by atoms with Crippen LogP contribution < -0.4 is 10.5 Å². The second-order valence-electron chi connectivity index (χ2n) is 8.10. The number of carbonyl (C=O) groups is 1. The van der Waals surface area contributed by atoms with Crippen molar-refractivity contribution >= 4 is 35.0 Å². The highest BCUT2D eigenvalue weighted by molar-refractivity contribution is 7.99. The first kappa shape index (κ1) is 23.4. The van der Waals surface area contributed by atoms with E-state index in [4.69, 9.17) is 11.6 Å². The van der Waals surface area contributed by atoms with Crippen molar-refractivity contribution in [2.75, 3.05) is 31.1 Å². The predicted octanol–water partition coefficient (Wildman–Crippen LogP) is 4.48. The van der Waals surface area contributed by atoms with Gasteiger partial charge in [0.1, 0.15) is 0 Å². The fourth-order valence-corrected chi connectivity index (χ4v) is 5.20. The molecule has 1 aromatic heterocycles. The fourth-order valence-electron chi connectivity index (χ4n) is 3.98. The van der Waals surface area contributed by atoms with Crippen molar-refractivity contribution in [2.24, 2.45) is 0 Å². The molecule has 1 fully saturated rings. The summed E-state index contributed by atoms with van der Waals surface area (Å²) in [7, 11) is 0. The van der Waals surface area contributed by atoms with Crippen LogP contribution in [0.2, 0.25) is 5.02 Å². The summed E-state index contributed by atoms with van der Waals surface area (Å²) in [5.74, 6) is -0.0535. The molecular formula is C25H27ClN4O2S. The fraction of sp³-hybridized carbons (Fsp3) is 0.320. The normalized spacial score (nSPS) is 14.9. The van der Waals surface area contributed by atoms with Gasteiger partial charge in [-0.05, 0) is 31.5 Å². The molecule has 1 atom stereocenters. The first-order valence-corrected chi connectivity index (χ1v) is 12.3. The van der Waals surface area contributed by atoms with E-state index >= 15 is 0 Å². The number of aryl methyl sites for hydroxylation is 1. The number of rotatable bonds is 6. The third-order valence-corrected chi connectivity index (χ3v) is 7.27. The molecule has 1 aliphatic heterocycles. The number of aromatic nitrogens is 2. The molecular weight excluding hydrogens is 456 g/mol. The molecule has 0 bridgehead atoms. The lowest BCUT2D eigenvalue weighted by atomic mass is 10.1. The number of piperazine rings is 1. The molecule has 1 unspecified atom stereocenters. The first-order valence-electron chi connectivity index (χ1n) is 11.0. The molecule has 1 amide bonds. The maximum atomic E-state index is 12.9. The lowest BCUT2D eigenvalue weighted by Gasteiger charge is -2.36. The van der Waals surface area contributed by atoms with Crippen LogP contribution in [-0.4, -0.2) is 47.0 Å². The van der Waals surface area contributed by atoms with Gasteiger partial charge in [-0.15, -0.1) is 0 Å². The van der Waals surface area contributed by atoms with Gasteiger partial charge in [0, 0.05) is 42.7 Å². The molecule has 0 radical (unpaired) electrons. The number of nitrogens with one attached hydrogen (secondary N) is 1. The summed E-state index contributed by atoms with van der Waals surface area (Å²) >= 11 is 7.81. The zero-order valence-corrected chi connectivity index (χ0v) is 20.3. The van der Waals surface area contributed by atoms with E-state index < -0.39 is 0 Å². The predicted molar refractivity (Wildman–Crippen MR) is 134 cm³/mol. The Morgan fingerprint density at radius 1 is 1.09 bits per heavy atom. The van der Waals surface area contributed by atoms with E-state index in [9.17, 15) is 9.59 Å². The third kappa shape index (κ3) is 5.60. The molecule has 0 spiro atoms. The Hall–Kier alpha value is -2.77. The van der Waals surface area contributed by atoms with Crippen molar-refractivity contribution in [1.29, 1.82) is 0 Å². The highest BCUT2D eigenvalue weighted by Gasteiger charge is 2.24. The number of H-pyrrole nitrogens is 1. The van der Waals surface area contributed by atoms with Gasteiger partial charge in [0.05, 0.1) is 17.1 Å². The number of nitrogens with zero attached hydrogens (tertiary/aromatic N) is 3. The highest BCUT2D eigenvalue weighted by atomic mass is 35.5. The topological polar surface area (TPSA) is 69.3 Å². The Bertz CT molecular complexity index is 1180. The largest absolute Gasteiger partial charge is 0.367 e. The number of hydrogen-bond acceptors (Lipinski definition) is 5. The van der Waals surface area contributed by atoms with Gasteiger partial charge in [0.2, 0.25) is 5.91 Å². The Morgan fingerprint density at radius 3 is 2.42 bits per heavy atom. The first-order chi connectivity index (χ1) is 15.9. The number of thioether (sulfide) groups is 1. The van der Waals surface area contributed by atoms with E-state index in [1.54, 1.807) is 6.92 Å². The molecule has 1 saturated heterocycles. The van der Waals surface area contributed by atoms with Gasteiger partial charge in [0.15, 0.2) is 5.16 Å². The molecule has 0 aliphatic carbocycles. The average Bonchev–Trinajstić information content (AvgIpc) is 2.82. The van der Waals surface area contributed by atoms with Gasteiger partial charge in [-0.2, -0.15) is 0 Å². The second-order valence-corrected chi connectivity index (χ2v) is 9.84. The minimum Gasteiger partial charge on any atom is -0.367 e. The van der Waals surface area contributed by atoms with Gasteiger partial charge in [-0.1, -0.05) is 65.8 Å². The zero-order chi connectivity index (χ0) is 23.4. The monoisotopic (exact) mass is 482 g/mol. The minimum absolute atomic E-state index is 0.0535. The summed E-state index contributed by atoms with van der Waals surface area (Å²) in [4.78, 5) is 37.1. The number of amides is 1. The van der Waals surface area contributed by atoms with Crippen LogP contribution in [0.15, 0.2) is 64.5 Å². The van der Waals surface area contributed by atoms with Crippen molar-refractivity contribution in [3.8, 4) is 0 Å². The molecule has 6 nitrogen and oxygen atoms in total. The van der Waals surface area contributed by atoms with Crippen molar-refractivity contribution in [3.63, 3.8) is 0 Å². The smallest absolute Gasteiger partial charge is 0.255 e. The van der Waals surface area contributed by atoms with Crippen LogP contribution in [-0.2, 0) is 11.2 Å². The molecule has 8 heteroatoms. The lowest BCUT2D eigenvalue weighted by Crippen LogP contribution is -2.49. The molecule has 1 N–H and O–H groups in total. The molecule has 2 aromatic carbocycles. The maximum absolute atomic E-state index is 12.9. The number of para-hydroxylation sites is 1. The summed E-state index contributed by atoms with van der Waals surface area (Å²) in [5.41, 5.74) is 2.95. The maximum Gasteiger partial charge on any atom is 0.255 e. The number of aromatic amines is 1. The summed E-state index contributed by atoms with van der Waals surface area (Å²) in [6.45, 7) is 6.47. The van der Waals surface area contributed by atoms with E-state index in [0.29, 0.717) is 47.6 Å². The van der Waals surface area contributed by atoms with Crippen LogP contribution in [0.5, 0.6) is 0 Å². The number of carbonyl (C=O) groups excluding carboxylic acids is 1. The van der Waals surface area contributed by atoms with Crippen molar-refractivity contribution < 1.29 is 4.79 Å². The van der Waals surface area contributed by atoms with Crippen LogP contribution in [0, 0.1) is 6.92 Å². The van der Waals surface area contributed by atoms with Crippen LogP contribution in [0.1, 0.15) is 29.0 Å². The number of anilines is 1. The number of hydrogen-bond donors (Lipinski definition) is 1.